The van der Waals surface area contributed by atoms with Crippen molar-refractivity contribution >= 4 is 15.9 Å². The van der Waals surface area contributed by atoms with Crippen molar-refractivity contribution in [3.8, 4) is 18.2 Å². The molecule has 0 aliphatic carbocycles. The van der Waals surface area contributed by atoms with Crippen molar-refractivity contribution in [3.05, 3.63) is 16.5 Å². The van der Waals surface area contributed by atoms with Crippen LogP contribution in [-0.4, -0.2) is 16.6 Å². The maximum absolute atomic E-state index is 5.44. The number of terminal acetylenes is 1. The van der Waals surface area contributed by atoms with Gasteiger partial charge in [0.1, 0.15) is 17.0 Å². The first kappa shape index (κ1) is 13.0. The lowest BCUT2D eigenvalue weighted by molar-refractivity contribution is 0.309. The molecule has 0 amide bonds. The Bertz CT molecular complexity index is 404. The minimum atomic E-state index is -0.103. The van der Waals surface area contributed by atoms with Crippen molar-refractivity contribution in [1.29, 1.82) is 0 Å². The Labute approximate surface area is 105 Å². The smallest absolute Gasteiger partial charge is 0.217 e. The molecule has 0 radical (unpaired) electrons. The molecule has 0 saturated carbocycles. The number of ether oxygens (including phenoxy) is 1. The first-order valence-corrected chi connectivity index (χ1v) is 5.84. The van der Waals surface area contributed by atoms with Crippen LogP contribution in [0.3, 0.4) is 0 Å². The largest absolute Gasteiger partial charge is 0.477 e. The summed E-state index contributed by atoms with van der Waals surface area (Å²) in [5.41, 5.74) is -0.103. The molecule has 0 saturated heterocycles. The topological polar surface area (TPSA) is 35.0 Å². The van der Waals surface area contributed by atoms with Crippen LogP contribution in [0, 0.1) is 12.3 Å². The third-order valence-electron chi connectivity index (χ3n) is 1.84. The summed E-state index contributed by atoms with van der Waals surface area (Å²) in [5.74, 6) is 3.82. The van der Waals surface area contributed by atoms with Gasteiger partial charge in [0.2, 0.25) is 5.88 Å². The normalized spacial score (nSPS) is 10.9. The Morgan fingerprint density at radius 3 is 2.69 bits per heavy atom. The van der Waals surface area contributed by atoms with E-state index in [0.29, 0.717) is 18.9 Å². The van der Waals surface area contributed by atoms with Gasteiger partial charge in [-0.25, -0.2) is 4.98 Å². The second-order valence-corrected chi connectivity index (χ2v) is 5.22. The summed E-state index contributed by atoms with van der Waals surface area (Å²) in [6.07, 6.45) is 5.73. The molecule has 86 valence electrons. The van der Waals surface area contributed by atoms with Gasteiger partial charge in [-0.05, 0) is 15.9 Å². The fourth-order valence-electron chi connectivity index (χ4n) is 1.02. The maximum Gasteiger partial charge on any atom is 0.217 e. The standard InChI is InChI=1S/C12H15BrN2O/c1-5-6-7-16-10-8-9(13)14-11(15-10)12(2,3)4/h1,8H,6-7H2,2-4H3. The van der Waals surface area contributed by atoms with Crippen molar-refractivity contribution in [2.24, 2.45) is 0 Å². The van der Waals surface area contributed by atoms with Gasteiger partial charge in [-0.15, -0.1) is 12.3 Å². The molecule has 3 nitrogen and oxygen atoms in total. The van der Waals surface area contributed by atoms with Gasteiger partial charge in [0, 0.05) is 17.9 Å². The summed E-state index contributed by atoms with van der Waals surface area (Å²) in [7, 11) is 0. The van der Waals surface area contributed by atoms with E-state index < -0.39 is 0 Å². The van der Waals surface area contributed by atoms with Crippen molar-refractivity contribution in [1.82, 2.24) is 9.97 Å². The monoisotopic (exact) mass is 282 g/mol. The molecule has 1 aromatic rings. The zero-order chi connectivity index (χ0) is 12.2. The molecule has 1 heterocycles. The minimum Gasteiger partial charge on any atom is -0.477 e. The zero-order valence-corrected chi connectivity index (χ0v) is 11.3. The molecular formula is C12H15BrN2O. The molecular weight excluding hydrogens is 268 g/mol. The van der Waals surface area contributed by atoms with Crippen LogP contribution >= 0.6 is 15.9 Å². The van der Waals surface area contributed by atoms with Gasteiger partial charge in [0.25, 0.3) is 0 Å². The molecule has 0 atom stereocenters. The van der Waals surface area contributed by atoms with E-state index >= 15 is 0 Å². The maximum atomic E-state index is 5.44. The van der Waals surface area contributed by atoms with Gasteiger partial charge < -0.3 is 4.74 Å². The molecule has 0 aliphatic rings. The molecule has 16 heavy (non-hydrogen) atoms. The number of halogens is 1. The molecule has 0 N–H and O–H groups in total. The average Bonchev–Trinajstić information content (AvgIpc) is 2.16. The Hall–Kier alpha value is -1.08. The van der Waals surface area contributed by atoms with Crippen LogP contribution in [0.2, 0.25) is 0 Å². The van der Waals surface area contributed by atoms with E-state index in [0.717, 1.165) is 10.4 Å². The summed E-state index contributed by atoms with van der Waals surface area (Å²) in [5, 5.41) is 0. The predicted octanol–water partition coefficient (Wildman–Crippen LogP) is 2.94. The van der Waals surface area contributed by atoms with Crippen LogP contribution < -0.4 is 4.74 Å². The quantitative estimate of drug-likeness (QED) is 0.486. The highest BCUT2D eigenvalue weighted by Gasteiger charge is 2.18. The van der Waals surface area contributed by atoms with Crippen molar-refractivity contribution in [2.45, 2.75) is 32.6 Å². The number of aromatic nitrogens is 2. The molecule has 0 bridgehead atoms. The molecule has 0 spiro atoms. The van der Waals surface area contributed by atoms with E-state index in [4.69, 9.17) is 11.2 Å². The Morgan fingerprint density at radius 1 is 1.44 bits per heavy atom. The van der Waals surface area contributed by atoms with Gasteiger partial charge in [-0.2, -0.15) is 4.98 Å². The third kappa shape index (κ3) is 3.82. The first-order valence-electron chi connectivity index (χ1n) is 5.05. The van der Waals surface area contributed by atoms with E-state index in [9.17, 15) is 0 Å². The van der Waals surface area contributed by atoms with E-state index in [2.05, 4.69) is 52.6 Å². The molecule has 0 unspecified atom stereocenters. The summed E-state index contributed by atoms with van der Waals surface area (Å²) in [4.78, 5) is 8.66. The zero-order valence-electron chi connectivity index (χ0n) is 9.75. The third-order valence-corrected chi connectivity index (χ3v) is 2.24. The average molecular weight is 283 g/mol. The first-order chi connectivity index (χ1) is 7.43. The summed E-state index contributed by atoms with van der Waals surface area (Å²) in [6, 6.07) is 1.74. The molecule has 1 rings (SSSR count). The minimum absolute atomic E-state index is 0.103. The van der Waals surface area contributed by atoms with Crippen LogP contribution in [-0.2, 0) is 5.41 Å². The van der Waals surface area contributed by atoms with Gasteiger partial charge in [0.15, 0.2) is 0 Å². The lowest BCUT2D eigenvalue weighted by atomic mass is 9.96. The number of hydrogen-bond donors (Lipinski definition) is 0. The van der Waals surface area contributed by atoms with Gasteiger partial charge in [0.05, 0.1) is 0 Å². The Morgan fingerprint density at radius 2 is 2.12 bits per heavy atom. The van der Waals surface area contributed by atoms with Crippen molar-refractivity contribution in [3.63, 3.8) is 0 Å². The Balaban J connectivity index is 2.87. The SMILES string of the molecule is C#CCCOc1cc(Br)nc(C(C)(C)C)n1. The highest BCUT2D eigenvalue weighted by Crippen LogP contribution is 2.23. The second kappa shape index (κ2) is 5.31. The predicted molar refractivity (Wildman–Crippen MR) is 67.4 cm³/mol. The lowest BCUT2D eigenvalue weighted by Crippen LogP contribution is -2.16. The molecule has 0 aromatic carbocycles. The van der Waals surface area contributed by atoms with Crippen molar-refractivity contribution < 1.29 is 4.74 Å². The molecule has 1 aromatic heterocycles. The highest BCUT2D eigenvalue weighted by molar-refractivity contribution is 9.10. The number of nitrogens with zero attached hydrogens (tertiary/aromatic N) is 2. The fourth-order valence-corrected chi connectivity index (χ4v) is 1.38. The summed E-state index contributed by atoms with van der Waals surface area (Å²) in [6.45, 7) is 6.64. The number of rotatable bonds is 3. The van der Waals surface area contributed by atoms with E-state index in [-0.39, 0.29) is 5.41 Å². The van der Waals surface area contributed by atoms with Gasteiger partial charge in [-0.1, -0.05) is 20.8 Å². The van der Waals surface area contributed by atoms with Crippen LogP contribution in [0.25, 0.3) is 0 Å². The van der Waals surface area contributed by atoms with Crippen LogP contribution in [0.5, 0.6) is 5.88 Å². The van der Waals surface area contributed by atoms with Crippen molar-refractivity contribution in [2.75, 3.05) is 6.61 Å². The Kier molecular flexibility index (Phi) is 4.31. The van der Waals surface area contributed by atoms with Crippen LogP contribution in [0.4, 0.5) is 0 Å². The van der Waals surface area contributed by atoms with E-state index in [1.54, 1.807) is 6.07 Å². The van der Waals surface area contributed by atoms with E-state index in [1.807, 2.05) is 0 Å². The summed E-state index contributed by atoms with van der Waals surface area (Å²) >= 11 is 3.34. The van der Waals surface area contributed by atoms with Crippen LogP contribution in [0.15, 0.2) is 10.7 Å². The van der Waals surface area contributed by atoms with E-state index in [1.165, 1.54) is 0 Å². The van der Waals surface area contributed by atoms with Gasteiger partial charge in [-0.3, -0.25) is 0 Å². The second-order valence-electron chi connectivity index (χ2n) is 4.41. The van der Waals surface area contributed by atoms with Gasteiger partial charge >= 0.3 is 0 Å². The summed E-state index contributed by atoms with van der Waals surface area (Å²) < 4.78 is 6.16. The number of hydrogen-bond acceptors (Lipinski definition) is 3. The molecule has 0 fully saturated rings. The molecule has 0 aliphatic heterocycles. The lowest BCUT2D eigenvalue weighted by Gasteiger charge is -2.17. The highest BCUT2D eigenvalue weighted by atomic mass is 79.9. The fraction of sp³-hybridized carbons (Fsp3) is 0.500. The van der Waals surface area contributed by atoms with Crippen LogP contribution in [0.1, 0.15) is 33.0 Å². The molecule has 4 heteroatoms.